The van der Waals surface area contributed by atoms with Crippen molar-refractivity contribution in [3.63, 3.8) is 0 Å². The van der Waals surface area contributed by atoms with Crippen molar-refractivity contribution in [2.75, 3.05) is 37.7 Å². The highest BCUT2D eigenvalue weighted by Crippen LogP contribution is 2.31. The van der Waals surface area contributed by atoms with Gasteiger partial charge >= 0.3 is 0 Å². The van der Waals surface area contributed by atoms with Crippen LogP contribution in [0.2, 0.25) is 0 Å². The topological polar surface area (TPSA) is 96.9 Å². The molecular weight excluding hydrogens is 453 g/mol. The molecule has 3 saturated heterocycles. The van der Waals surface area contributed by atoms with Gasteiger partial charge in [-0.2, -0.15) is 0 Å². The number of aromatic nitrogens is 2. The minimum atomic E-state index is -0.443. The summed E-state index contributed by atoms with van der Waals surface area (Å²) in [6.07, 6.45) is 10.1. The van der Waals surface area contributed by atoms with E-state index in [0.717, 1.165) is 77.4 Å². The van der Waals surface area contributed by atoms with Gasteiger partial charge in [-0.3, -0.25) is 9.59 Å². The molecule has 2 amide bonds. The summed E-state index contributed by atoms with van der Waals surface area (Å²) in [5, 5.41) is 3.20. The first-order valence-corrected chi connectivity index (χ1v) is 13.1. The molecule has 1 aromatic heterocycles. The molecule has 4 aliphatic rings. The summed E-state index contributed by atoms with van der Waals surface area (Å²) in [7, 11) is 0. The first-order valence-electron chi connectivity index (χ1n) is 13.1. The minimum Gasteiger partial charge on any atom is -0.376 e. The van der Waals surface area contributed by atoms with Crippen LogP contribution in [0.3, 0.4) is 0 Å². The Morgan fingerprint density at radius 1 is 1.03 bits per heavy atom. The maximum absolute atomic E-state index is 13.2. The lowest BCUT2D eigenvalue weighted by Crippen LogP contribution is -2.61. The van der Waals surface area contributed by atoms with Crippen LogP contribution < -0.4 is 10.2 Å². The first kappa shape index (κ1) is 24.4. The van der Waals surface area contributed by atoms with Gasteiger partial charge in [0.25, 0.3) is 0 Å². The molecular formula is C25H36FN5O4. The molecule has 2 unspecified atom stereocenters. The molecule has 192 valence electrons. The number of piperidine rings is 2. The molecule has 10 heteroatoms. The van der Waals surface area contributed by atoms with E-state index in [1.165, 1.54) is 12.4 Å². The second kappa shape index (κ2) is 11.2. The normalized spacial score (nSPS) is 28.1. The molecule has 1 aliphatic carbocycles. The van der Waals surface area contributed by atoms with Crippen LogP contribution in [0, 0.1) is 11.7 Å². The molecule has 1 aromatic rings. The molecule has 9 nitrogen and oxygen atoms in total. The second-order valence-corrected chi connectivity index (χ2v) is 10.2. The van der Waals surface area contributed by atoms with Gasteiger partial charge in [-0.1, -0.05) is 6.42 Å². The average molecular weight is 490 g/mol. The largest absolute Gasteiger partial charge is 0.376 e. The number of nitrogens with one attached hydrogen (secondary N) is 1. The summed E-state index contributed by atoms with van der Waals surface area (Å²) in [6.45, 7) is 3.21. The number of nitrogens with zero attached hydrogens (tertiary/aromatic N) is 4. The molecule has 0 aromatic carbocycles. The number of hydrogen-bond acceptors (Lipinski definition) is 7. The molecule has 0 bridgehead atoms. The minimum absolute atomic E-state index is 0.0591. The maximum atomic E-state index is 13.2. The SMILES string of the molecule is O=C(NC1CCCN(C(=O)C2CCC2)C1COC1CCN(c2ncc(F)cn2)CC1)[C@@H]1CCCO1. The van der Waals surface area contributed by atoms with Gasteiger partial charge in [-0.05, 0) is 51.4 Å². The number of carbonyl (C=O) groups excluding carboxylic acids is 2. The molecule has 3 aliphatic heterocycles. The van der Waals surface area contributed by atoms with E-state index >= 15 is 0 Å². The lowest BCUT2D eigenvalue weighted by atomic mass is 9.83. The molecule has 5 rings (SSSR count). The van der Waals surface area contributed by atoms with E-state index < -0.39 is 5.82 Å². The van der Waals surface area contributed by atoms with E-state index in [1.54, 1.807) is 0 Å². The number of ether oxygens (including phenoxy) is 2. The zero-order chi connectivity index (χ0) is 24.2. The molecule has 4 heterocycles. The fraction of sp³-hybridized carbons (Fsp3) is 0.760. The van der Waals surface area contributed by atoms with Gasteiger partial charge in [0.2, 0.25) is 17.8 Å². The van der Waals surface area contributed by atoms with Gasteiger partial charge in [-0.25, -0.2) is 14.4 Å². The number of anilines is 1. The number of hydrogen-bond donors (Lipinski definition) is 1. The van der Waals surface area contributed by atoms with Crippen LogP contribution >= 0.6 is 0 Å². The third kappa shape index (κ3) is 5.74. The van der Waals surface area contributed by atoms with E-state index in [-0.39, 0.29) is 42.0 Å². The van der Waals surface area contributed by atoms with Crippen molar-refractivity contribution in [3.05, 3.63) is 18.2 Å². The Labute approximate surface area is 205 Å². The fourth-order valence-corrected chi connectivity index (χ4v) is 5.58. The predicted octanol–water partition coefficient (Wildman–Crippen LogP) is 2.06. The highest BCUT2D eigenvalue weighted by atomic mass is 19.1. The van der Waals surface area contributed by atoms with Crippen molar-refractivity contribution in [1.82, 2.24) is 20.2 Å². The van der Waals surface area contributed by atoms with Gasteiger partial charge in [0, 0.05) is 32.2 Å². The lowest BCUT2D eigenvalue weighted by molar-refractivity contribution is -0.147. The van der Waals surface area contributed by atoms with Crippen LogP contribution in [0.25, 0.3) is 0 Å². The molecule has 1 N–H and O–H groups in total. The van der Waals surface area contributed by atoms with E-state index in [2.05, 4.69) is 15.3 Å². The van der Waals surface area contributed by atoms with Crippen LogP contribution in [0.4, 0.5) is 10.3 Å². The van der Waals surface area contributed by atoms with Crippen LogP contribution in [0.15, 0.2) is 12.4 Å². The smallest absolute Gasteiger partial charge is 0.249 e. The van der Waals surface area contributed by atoms with Crippen molar-refractivity contribution in [2.45, 2.75) is 82.1 Å². The molecule has 4 fully saturated rings. The molecule has 3 atom stereocenters. The Kier molecular flexibility index (Phi) is 7.77. The number of halogens is 1. The Balaban J connectivity index is 1.19. The molecule has 1 saturated carbocycles. The van der Waals surface area contributed by atoms with Crippen molar-refractivity contribution in [2.24, 2.45) is 5.92 Å². The van der Waals surface area contributed by atoms with E-state index in [9.17, 15) is 14.0 Å². The average Bonchev–Trinajstić information content (AvgIpc) is 3.38. The number of rotatable bonds is 7. The molecule has 0 spiro atoms. The predicted molar refractivity (Wildman–Crippen MR) is 126 cm³/mol. The number of amides is 2. The summed E-state index contributed by atoms with van der Waals surface area (Å²) < 4.78 is 25.1. The lowest BCUT2D eigenvalue weighted by Gasteiger charge is -2.44. The van der Waals surface area contributed by atoms with E-state index in [0.29, 0.717) is 19.2 Å². The number of carbonyl (C=O) groups is 2. The zero-order valence-electron chi connectivity index (χ0n) is 20.2. The van der Waals surface area contributed by atoms with Crippen molar-refractivity contribution in [1.29, 1.82) is 0 Å². The summed E-state index contributed by atoms with van der Waals surface area (Å²) in [4.78, 5) is 38.2. The quantitative estimate of drug-likeness (QED) is 0.626. The molecule has 0 radical (unpaired) electrons. The van der Waals surface area contributed by atoms with E-state index in [1.807, 2.05) is 9.80 Å². The van der Waals surface area contributed by atoms with Crippen molar-refractivity contribution < 1.29 is 23.5 Å². The van der Waals surface area contributed by atoms with Crippen molar-refractivity contribution in [3.8, 4) is 0 Å². The van der Waals surface area contributed by atoms with Crippen LogP contribution in [0.5, 0.6) is 0 Å². The van der Waals surface area contributed by atoms with Crippen molar-refractivity contribution >= 4 is 17.8 Å². The highest BCUT2D eigenvalue weighted by molar-refractivity contribution is 5.82. The van der Waals surface area contributed by atoms with E-state index in [4.69, 9.17) is 9.47 Å². The van der Waals surface area contributed by atoms with Gasteiger partial charge in [-0.15, -0.1) is 0 Å². The standard InChI is InChI=1S/C25H36FN5O4/c26-18-14-27-25(28-15-18)30-11-8-19(9-12-30)35-16-21-20(29-23(32)22-7-3-13-34-22)6-2-10-31(21)24(33)17-4-1-5-17/h14-15,17,19-22H,1-13,16H2,(H,29,32)/t20?,21?,22-/m0/s1. The third-order valence-electron chi connectivity index (χ3n) is 7.90. The van der Waals surface area contributed by atoms with Crippen LogP contribution in [-0.2, 0) is 19.1 Å². The van der Waals surface area contributed by atoms with Crippen LogP contribution in [0.1, 0.15) is 57.8 Å². The van der Waals surface area contributed by atoms with Gasteiger partial charge < -0.3 is 24.6 Å². The first-order chi connectivity index (χ1) is 17.1. The fourth-order valence-electron chi connectivity index (χ4n) is 5.58. The van der Waals surface area contributed by atoms with Gasteiger partial charge in [0.15, 0.2) is 5.82 Å². The Morgan fingerprint density at radius 3 is 2.46 bits per heavy atom. The van der Waals surface area contributed by atoms with Crippen LogP contribution in [-0.4, -0.2) is 83.8 Å². The Hall–Kier alpha value is -2.33. The Bertz CT molecular complexity index is 869. The summed E-state index contributed by atoms with van der Waals surface area (Å²) in [5.41, 5.74) is 0. The summed E-state index contributed by atoms with van der Waals surface area (Å²) in [5.74, 6) is 0.351. The zero-order valence-corrected chi connectivity index (χ0v) is 20.2. The summed E-state index contributed by atoms with van der Waals surface area (Å²) in [6, 6.07) is -0.294. The monoisotopic (exact) mass is 489 g/mol. The van der Waals surface area contributed by atoms with Gasteiger partial charge in [0.1, 0.15) is 6.10 Å². The molecule has 35 heavy (non-hydrogen) atoms. The number of likely N-dealkylation sites (tertiary alicyclic amines) is 1. The maximum Gasteiger partial charge on any atom is 0.249 e. The highest BCUT2D eigenvalue weighted by Gasteiger charge is 2.40. The summed E-state index contributed by atoms with van der Waals surface area (Å²) >= 11 is 0. The van der Waals surface area contributed by atoms with Gasteiger partial charge in [0.05, 0.1) is 37.2 Å². The Morgan fingerprint density at radius 2 is 1.80 bits per heavy atom. The third-order valence-corrected chi connectivity index (χ3v) is 7.90. The second-order valence-electron chi connectivity index (χ2n) is 10.2.